The molecule has 0 radical (unpaired) electrons. The number of phenolic OH excluding ortho intramolecular Hbond substituents is 1. The van der Waals surface area contributed by atoms with E-state index in [2.05, 4.69) is 15.3 Å². The smallest absolute Gasteiger partial charge is 0.329 e. The zero-order valence-corrected chi connectivity index (χ0v) is 19.4. The minimum Gasteiger partial charge on any atom is -0.508 e. The molecule has 0 aliphatic rings. The highest BCUT2D eigenvalue weighted by atomic mass is 16.5. The number of aromatic nitrogens is 1. The molecule has 0 fully saturated rings. The van der Waals surface area contributed by atoms with Gasteiger partial charge in [0.15, 0.2) is 0 Å². The van der Waals surface area contributed by atoms with E-state index in [-0.39, 0.29) is 25.2 Å². The molecule has 0 saturated heterocycles. The normalized spacial score (nSPS) is 12.3. The number of carbonyl (C=O) groups excluding carboxylic acids is 3. The number of carbonyl (C=O) groups is 2. The number of H-pyrrole nitrogens is 1. The van der Waals surface area contributed by atoms with Crippen molar-refractivity contribution in [2.24, 2.45) is 4.99 Å². The van der Waals surface area contributed by atoms with Gasteiger partial charge in [-0.2, -0.15) is 4.99 Å². The fraction of sp³-hybridized carbons (Fsp3) is 0.179. The van der Waals surface area contributed by atoms with Crippen molar-refractivity contribution in [2.75, 3.05) is 0 Å². The number of nitrogens with zero attached hydrogens (tertiary/aromatic N) is 1. The van der Waals surface area contributed by atoms with Gasteiger partial charge < -0.3 is 20.1 Å². The second kappa shape index (κ2) is 11.6. The number of hydrogen-bond donors (Lipinski definition) is 3. The Morgan fingerprint density at radius 1 is 0.944 bits per heavy atom. The van der Waals surface area contributed by atoms with E-state index >= 15 is 0 Å². The number of ether oxygens (including phenoxy) is 1. The number of nitrogens with one attached hydrogen (secondary N) is 2. The number of aromatic amines is 1. The van der Waals surface area contributed by atoms with Crippen molar-refractivity contribution in [2.45, 2.75) is 31.5 Å². The van der Waals surface area contributed by atoms with E-state index in [1.807, 2.05) is 54.6 Å². The van der Waals surface area contributed by atoms with Crippen LogP contribution in [0.4, 0.5) is 0 Å². The molecule has 1 aromatic heterocycles. The van der Waals surface area contributed by atoms with E-state index in [1.165, 1.54) is 18.2 Å². The number of benzene rings is 3. The van der Waals surface area contributed by atoms with Gasteiger partial charge in [0.25, 0.3) is 0 Å². The van der Waals surface area contributed by atoms with Crippen LogP contribution in [0.3, 0.4) is 0 Å². The van der Waals surface area contributed by atoms with Crippen LogP contribution in [-0.4, -0.2) is 40.1 Å². The molecule has 0 aliphatic heterocycles. The Balaban J connectivity index is 1.53. The Bertz CT molecular complexity index is 1380. The van der Waals surface area contributed by atoms with Crippen LogP contribution in [0, 0.1) is 0 Å². The molecule has 0 aliphatic carbocycles. The number of phenols is 1. The molecular formula is C28H25N3O5. The van der Waals surface area contributed by atoms with Crippen LogP contribution in [0.1, 0.15) is 16.7 Å². The summed E-state index contributed by atoms with van der Waals surface area (Å²) in [5, 5.41) is 13.1. The van der Waals surface area contributed by atoms with E-state index in [4.69, 9.17) is 4.74 Å². The number of hydrogen-bond acceptors (Lipinski definition) is 6. The highest BCUT2D eigenvalue weighted by Crippen LogP contribution is 2.20. The number of amides is 1. The second-order valence-corrected chi connectivity index (χ2v) is 8.32. The molecule has 0 saturated carbocycles. The fourth-order valence-corrected chi connectivity index (χ4v) is 3.93. The molecule has 1 heterocycles. The number of rotatable bonds is 10. The van der Waals surface area contributed by atoms with Gasteiger partial charge in [-0.1, -0.05) is 60.7 Å². The topological polar surface area (TPSA) is 121 Å². The average Bonchev–Trinajstić information content (AvgIpc) is 3.31. The number of fused-ring (bicyclic) bond motifs is 1. The molecular weight excluding hydrogens is 458 g/mol. The molecule has 0 bridgehead atoms. The zero-order chi connectivity index (χ0) is 25.3. The molecule has 3 N–H and O–H groups in total. The quantitative estimate of drug-likeness (QED) is 0.181. The van der Waals surface area contributed by atoms with Crippen molar-refractivity contribution < 1.29 is 24.2 Å². The molecule has 4 aromatic rings. The molecule has 8 nitrogen and oxygen atoms in total. The van der Waals surface area contributed by atoms with Gasteiger partial charge in [0.2, 0.25) is 12.0 Å². The van der Waals surface area contributed by atoms with Crippen molar-refractivity contribution >= 4 is 28.9 Å². The number of isocyanates is 1. The minimum atomic E-state index is -1.10. The van der Waals surface area contributed by atoms with Crippen molar-refractivity contribution in [3.63, 3.8) is 0 Å². The first-order valence-electron chi connectivity index (χ1n) is 11.4. The molecule has 0 spiro atoms. The largest absolute Gasteiger partial charge is 0.508 e. The molecule has 2 atom stereocenters. The van der Waals surface area contributed by atoms with Crippen molar-refractivity contribution in [1.29, 1.82) is 0 Å². The first kappa shape index (κ1) is 24.4. The summed E-state index contributed by atoms with van der Waals surface area (Å²) in [6.07, 6.45) is 3.52. The summed E-state index contributed by atoms with van der Waals surface area (Å²) in [6.45, 7) is 0.0589. The van der Waals surface area contributed by atoms with Gasteiger partial charge in [0, 0.05) is 29.9 Å². The minimum absolute atomic E-state index is 0.0589. The maximum Gasteiger partial charge on any atom is 0.329 e. The summed E-state index contributed by atoms with van der Waals surface area (Å²) in [6, 6.07) is 21.0. The Labute approximate surface area is 207 Å². The number of para-hydroxylation sites is 1. The number of aromatic hydroxyl groups is 1. The highest BCUT2D eigenvalue weighted by molar-refractivity contribution is 5.89. The first-order valence-corrected chi connectivity index (χ1v) is 11.4. The maximum absolute atomic E-state index is 13.1. The van der Waals surface area contributed by atoms with Crippen LogP contribution in [0.15, 0.2) is 90.1 Å². The molecule has 3 aromatic carbocycles. The molecule has 182 valence electrons. The van der Waals surface area contributed by atoms with Crippen molar-refractivity contribution in [3.8, 4) is 5.75 Å². The summed E-state index contributed by atoms with van der Waals surface area (Å²) in [7, 11) is 0. The van der Waals surface area contributed by atoms with Gasteiger partial charge in [0.1, 0.15) is 24.4 Å². The van der Waals surface area contributed by atoms with Crippen LogP contribution >= 0.6 is 0 Å². The Morgan fingerprint density at radius 2 is 1.67 bits per heavy atom. The number of esters is 1. The van der Waals surface area contributed by atoms with E-state index in [0.29, 0.717) is 5.56 Å². The van der Waals surface area contributed by atoms with Crippen LogP contribution in [-0.2, 0) is 38.6 Å². The van der Waals surface area contributed by atoms with Crippen molar-refractivity contribution in [1.82, 2.24) is 10.3 Å². The first-order chi connectivity index (χ1) is 17.5. The highest BCUT2D eigenvalue weighted by Gasteiger charge is 2.28. The van der Waals surface area contributed by atoms with Gasteiger partial charge in [-0.05, 0) is 34.9 Å². The third-order valence-corrected chi connectivity index (χ3v) is 5.80. The van der Waals surface area contributed by atoms with Gasteiger partial charge in [0.05, 0.1) is 0 Å². The lowest BCUT2D eigenvalue weighted by atomic mass is 10.0. The van der Waals surface area contributed by atoms with Crippen LogP contribution in [0.25, 0.3) is 10.9 Å². The fourth-order valence-electron chi connectivity index (χ4n) is 3.93. The molecule has 4 rings (SSSR count). The van der Waals surface area contributed by atoms with Crippen LogP contribution in [0.2, 0.25) is 0 Å². The summed E-state index contributed by atoms with van der Waals surface area (Å²) in [5.41, 5.74) is 3.25. The Hall–Kier alpha value is -4.68. The third-order valence-electron chi connectivity index (χ3n) is 5.80. The SMILES string of the molecule is O=C=N[C@@H](Cc1ccc(O)cc1)C(=O)N[C@@H](Cc1c[nH]c2ccccc12)C(=O)OCc1ccccc1. The lowest BCUT2D eigenvalue weighted by Gasteiger charge is -2.20. The third kappa shape index (κ3) is 6.25. The van der Waals surface area contributed by atoms with Gasteiger partial charge in [-0.25, -0.2) is 9.59 Å². The molecule has 1 amide bonds. The molecule has 0 unspecified atom stereocenters. The molecule has 8 heteroatoms. The van der Waals surface area contributed by atoms with E-state index in [9.17, 15) is 19.5 Å². The lowest BCUT2D eigenvalue weighted by Crippen LogP contribution is -2.47. The van der Waals surface area contributed by atoms with Crippen molar-refractivity contribution in [3.05, 3.63) is 102 Å². The standard InChI is InChI=1S/C28H25N3O5/c32-18-30-25(14-19-10-12-22(33)13-11-19)27(34)31-26(28(35)36-17-20-6-2-1-3-7-20)15-21-16-29-24-9-5-4-8-23(21)24/h1-13,16,25-26,29,33H,14-15,17H2,(H,31,34)/t25-,26-/m0/s1. The molecule has 36 heavy (non-hydrogen) atoms. The summed E-state index contributed by atoms with van der Waals surface area (Å²) in [5.74, 6) is -1.12. The predicted molar refractivity (Wildman–Crippen MR) is 134 cm³/mol. The van der Waals surface area contributed by atoms with E-state index in [1.54, 1.807) is 18.3 Å². The second-order valence-electron chi connectivity index (χ2n) is 8.32. The summed E-state index contributed by atoms with van der Waals surface area (Å²) in [4.78, 5) is 44.1. The van der Waals surface area contributed by atoms with E-state index in [0.717, 1.165) is 22.0 Å². The predicted octanol–water partition coefficient (Wildman–Crippen LogP) is 3.59. The maximum atomic E-state index is 13.1. The zero-order valence-electron chi connectivity index (χ0n) is 19.4. The average molecular weight is 484 g/mol. The van der Waals surface area contributed by atoms with Gasteiger partial charge in [-0.3, -0.25) is 4.79 Å². The van der Waals surface area contributed by atoms with E-state index < -0.39 is 24.0 Å². The number of aliphatic imine (C=N–C) groups is 1. The van der Waals surface area contributed by atoms with Gasteiger partial charge in [-0.15, -0.1) is 0 Å². The van der Waals surface area contributed by atoms with Gasteiger partial charge >= 0.3 is 5.97 Å². The Kier molecular flexibility index (Phi) is 7.90. The summed E-state index contributed by atoms with van der Waals surface area (Å²) < 4.78 is 5.52. The Morgan fingerprint density at radius 3 is 2.42 bits per heavy atom. The monoisotopic (exact) mass is 483 g/mol. The lowest BCUT2D eigenvalue weighted by molar-refractivity contribution is -0.149. The van der Waals surface area contributed by atoms with Crippen LogP contribution in [0.5, 0.6) is 5.75 Å². The van der Waals surface area contributed by atoms with Crippen LogP contribution < -0.4 is 5.32 Å². The summed E-state index contributed by atoms with van der Waals surface area (Å²) >= 11 is 0.